The third-order valence-electron chi connectivity index (χ3n) is 5.89. The summed E-state index contributed by atoms with van der Waals surface area (Å²) >= 11 is 0. The predicted octanol–water partition coefficient (Wildman–Crippen LogP) is 3.75. The Hall–Kier alpha value is -4.46. The van der Waals surface area contributed by atoms with Gasteiger partial charge >= 0.3 is 17.6 Å². The van der Waals surface area contributed by atoms with E-state index < -0.39 is 43.7 Å². The maximum absolute atomic E-state index is 13.2. The smallest absolute Gasteiger partial charge is 0.334 e. The van der Waals surface area contributed by atoms with E-state index in [1.54, 1.807) is 6.07 Å². The number of sulfone groups is 1. The zero-order valence-electron chi connectivity index (χ0n) is 20.3. The fourth-order valence-electron chi connectivity index (χ4n) is 3.95. The molecule has 0 bridgehead atoms. The lowest BCUT2D eigenvalue weighted by atomic mass is 9.93. The second-order valence-corrected chi connectivity index (χ2v) is 10.8. The number of amides is 5. The van der Waals surface area contributed by atoms with Crippen molar-refractivity contribution in [3.05, 3.63) is 84.1 Å². The second-order valence-electron chi connectivity index (χ2n) is 8.87. The Morgan fingerprint density at radius 1 is 1.03 bits per heavy atom. The average Bonchev–Trinajstić information content (AvgIpc) is 3.10. The predicted molar refractivity (Wildman–Crippen MR) is 134 cm³/mol. The summed E-state index contributed by atoms with van der Waals surface area (Å²) in [6.07, 6.45) is 1.42. The van der Waals surface area contributed by atoms with Gasteiger partial charge in [0.05, 0.1) is 10.6 Å². The van der Waals surface area contributed by atoms with Crippen LogP contribution >= 0.6 is 0 Å². The number of nitrogens with zero attached hydrogens (tertiary/aromatic N) is 2. The maximum Gasteiger partial charge on any atom is 0.501 e. The number of rotatable bonds is 7. The van der Waals surface area contributed by atoms with E-state index in [4.69, 9.17) is 0 Å². The SMILES string of the molecule is CC1(Cc2ccnc(NC(=O)NCc3ccccc3)c2)NC(=O)N(c2ccc(S(=O)(=O)C(F)(F)F)cc2)C1=O. The molecular weight excluding hydrogens is 539 g/mol. The Bertz CT molecular complexity index is 1520. The highest BCUT2D eigenvalue weighted by Gasteiger charge is 2.49. The molecular formula is C25H22F3N5O5S. The van der Waals surface area contributed by atoms with Crippen LogP contribution in [-0.2, 0) is 27.6 Å². The lowest BCUT2D eigenvalue weighted by Gasteiger charge is -2.22. The van der Waals surface area contributed by atoms with Gasteiger partial charge in [-0.1, -0.05) is 30.3 Å². The minimum absolute atomic E-state index is 0.00254. The number of anilines is 2. The number of urea groups is 2. The van der Waals surface area contributed by atoms with Crippen LogP contribution in [0.4, 0.5) is 34.3 Å². The van der Waals surface area contributed by atoms with Gasteiger partial charge in [-0.2, -0.15) is 13.2 Å². The Kier molecular flexibility index (Phi) is 7.33. The lowest BCUT2D eigenvalue weighted by molar-refractivity contribution is -0.121. The number of carbonyl (C=O) groups excluding carboxylic acids is 3. The van der Waals surface area contributed by atoms with E-state index in [0.29, 0.717) is 24.2 Å². The third-order valence-corrected chi connectivity index (χ3v) is 7.39. The third kappa shape index (κ3) is 5.85. The molecule has 0 spiro atoms. The van der Waals surface area contributed by atoms with E-state index >= 15 is 0 Å². The number of nitrogens with one attached hydrogen (secondary N) is 3. The number of carbonyl (C=O) groups is 3. The number of hydrogen-bond acceptors (Lipinski definition) is 6. The zero-order valence-corrected chi connectivity index (χ0v) is 21.1. The zero-order chi connectivity index (χ0) is 28.4. The molecule has 4 rings (SSSR count). The van der Waals surface area contributed by atoms with Crippen molar-refractivity contribution in [3.8, 4) is 0 Å². The molecule has 14 heteroatoms. The minimum atomic E-state index is -5.58. The van der Waals surface area contributed by atoms with Crippen molar-refractivity contribution in [3.63, 3.8) is 0 Å². The number of halogens is 3. The van der Waals surface area contributed by atoms with Gasteiger partial charge in [0.25, 0.3) is 15.7 Å². The number of alkyl halides is 3. The van der Waals surface area contributed by atoms with Crippen LogP contribution in [0, 0.1) is 0 Å². The molecule has 204 valence electrons. The van der Waals surface area contributed by atoms with Crippen molar-refractivity contribution in [2.24, 2.45) is 0 Å². The summed E-state index contributed by atoms with van der Waals surface area (Å²) in [6, 6.07) is 14.3. The molecule has 3 N–H and O–H groups in total. The molecule has 5 amide bonds. The molecule has 3 aromatic rings. The second kappa shape index (κ2) is 10.4. The van der Waals surface area contributed by atoms with Crippen molar-refractivity contribution in [1.29, 1.82) is 0 Å². The monoisotopic (exact) mass is 561 g/mol. The maximum atomic E-state index is 13.2. The summed E-state index contributed by atoms with van der Waals surface area (Å²) < 4.78 is 61.6. The van der Waals surface area contributed by atoms with Gasteiger partial charge in [-0.15, -0.1) is 0 Å². The molecule has 1 unspecified atom stereocenters. The molecule has 2 heterocycles. The highest BCUT2D eigenvalue weighted by Crippen LogP contribution is 2.33. The van der Waals surface area contributed by atoms with Gasteiger partial charge in [-0.25, -0.2) is 27.9 Å². The van der Waals surface area contributed by atoms with Crippen LogP contribution in [-0.4, -0.2) is 42.4 Å². The van der Waals surface area contributed by atoms with Crippen LogP contribution in [0.5, 0.6) is 0 Å². The van der Waals surface area contributed by atoms with E-state index in [1.165, 1.54) is 19.2 Å². The average molecular weight is 562 g/mol. The molecule has 0 saturated carbocycles. The quantitative estimate of drug-likeness (QED) is 0.376. The molecule has 1 saturated heterocycles. The lowest BCUT2D eigenvalue weighted by Crippen LogP contribution is -2.46. The largest absolute Gasteiger partial charge is 0.501 e. The van der Waals surface area contributed by atoms with Crippen molar-refractivity contribution in [2.75, 3.05) is 10.2 Å². The first kappa shape index (κ1) is 27.6. The molecule has 10 nitrogen and oxygen atoms in total. The van der Waals surface area contributed by atoms with E-state index in [-0.39, 0.29) is 17.9 Å². The molecule has 1 fully saturated rings. The molecule has 2 aromatic carbocycles. The van der Waals surface area contributed by atoms with Crippen LogP contribution < -0.4 is 20.9 Å². The number of pyridine rings is 1. The highest BCUT2D eigenvalue weighted by molar-refractivity contribution is 7.92. The summed E-state index contributed by atoms with van der Waals surface area (Å²) in [5.41, 5.74) is -5.59. The van der Waals surface area contributed by atoms with E-state index in [2.05, 4.69) is 20.9 Å². The number of benzene rings is 2. The molecule has 0 radical (unpaired) electrons. The van der Waals surface area contributed by atoms with Crippen LogP contribution in [0.25, 0.3) is 0 Å². The van der Waals surface area contributed by atoms with Gasteiger partial charge in [0.1, 0.15) is 11.4 Å². The fourth-order valence-corrected chi connectivity index (χ4v) is 4.71. The first-order valence-electron chi connectivity index (χ1n) is 11.4. The van der Waals surface area contributed by atoms with Gasteiger partial charge in [0.15, 0.2) is 0 Å². The van der Waals surface area contributed by atoms with Gasteiger partial charge in [0.2, 0.25) is 0 Å². The highest BCUT2D eigenvalue weighted by atomic mass is 32.2. The van der Waals surface area contributed by atoms with Gasteiger partial charge in [-0.3, -0.25) is 10.1 Å². The van der Waals surface area contributed by atoms with Crippen LogP contribution in [0.2, 0.25) is 0 Å². The van der Waals surface area contributed by atoms with E-state index in [9.17, 15) is 36.0 Å². The molecule has 1 aromatic heterocycles. The Morgan fingerprint density at radius 3 is 2.33 bits per heavy atom. The number of hydrogen-bond donors (Lipinski definition) is 3. The number of imide groups is 1. The molecule has 0 aliphatic carbocycles. The molecule has 1 aliphatic heterocycles. The van der Waals surface area contributed by atoms with Crippen molar-refractivity contribution >= 4 is 39.3 Å². The first-order valence-corrected chi connectivity index (χ1v) is 12.9. The summed E-state index contributed by atoms with van der Waals surface area (Å²) in [4.78, 5) is 41.9. The van der Waals surface area contributed by atoms with Gasteiger partial charge in [-0.05, 0) is 54.4 Å². The number of aromatic nitrogens is 1. The summed E-state index contributed by atoms with van der Waals surface area (Å²) in [7, 11) is -5.58. The Labute approximate surface area is 221 Å². The van der Waals surface area contributed by atoms with E-state index in [0.717, 1.165) is 22.6 Å². The Balaban J connectivity index is 1.44. The molecule has 1 atom stereocenters. The van der Waals surface area contributed by atoms with Crippen LogP contribution in [0.1, 0.15) is 18.1 Å². The van der Waals surface area contributed by atoms with Gasteiger partial charge in [0, 0.05) is 19.2 Å². The van der Waals surface area contributed by atoms with Crippen LogP contribution in [0.15, 0.2) is 77.8 Å². The molecule has 39 heavy (non-hydrogen) atoms. The van der Waals surface area contributed by atoms with Crippen molar-refractivity contribution in [1.82, 2.24) is 15.6 Å². The Morgan fingerprint density at radius 2 is 1.69 bits per heavy atom. The summed E-state index contributed by atoms with van der Waals surface area (Å²) in [6.45, 7) is 1.76. The normalized spacial score (nSPS) is 17.6. The van der Waals surface area contributed by atoms with Crippen LogP contribution in [0.3, 0.4) is 0 Å². The standard InChI is InChI=1S/C25H22F3N5O5S/c1-24(14-17-11-12-29-20(13-17)31-22(35)30-15-16-5-3-2-4-6-16)21(34)33(23(36)32-24)18-7-9-19(10-8-18)39(37,38)25(26,27)28/h2-13H,14-15H2,1H3,(H,32,36)(H2,29,30,31,35). The fraction of sp³-hybridized carbons (Fsp3) is 0.200. The van der Waals surface area contributed by atoms with Crippen molar-refractivity contribution in [2.45, 2.75) is 35.8 Å². The summed E-state index contributed by atoms with van der Waals surface area (Å²) in [5.74, 6) is -0.498. The van der Waals surface area contributed by atoms with Crippen molar-refractivity contribution < 1.29 is 36.0 Å². The van der Waals surface area contributed by atoms with Gasteiger partial charge < -0.3 is 10.6 Å². The first-order chi connectivity index (χ1) is 18.3. The summed E-state index contributed by atoms with van der Waals surface area (Å²) in [5, 5.41) is 7.86. The van der Waals surface area contributed by atoms with E-state index in [1.807, 2.05) is 30.3 Å². The topological polar surface area (TPSA) is 138 Å². The minimum Gasteiger partial charge on any atom is -0.334 e. The molecule has 1 aliphatic rings.